The van der Waals surface area contributed by atoms with Crippen molar-refractivity contribution in [1.29, 1.82) is 0 Å². The molecule has 0 saturated heterocycles. The van der Waals surface area contributed by atoms with Gasteiger partial charge in [-0.15, -0.1) is 0 Å². The maximum atomic E-state index is 13.9. The second-order valence-corrected chi connectivity index (χ2v) is 4.83. The molecule has 0 aliphatic heterocycles. The van der Waals surface area contributed by atoms with Gasteiger partial charge in [0.15, 0.2) is 11.6 Å². The summed E-state index contributed by atoms with van der Waals surface area (Å²) in [6, 6.07) is 4.67. The van der Waals surface area contributed by atoms with Crippen molar-refractivity contribution in [2.75, 3.05) is 6.54 Å². The van der Waals surface area contributed by atoms with Gasteiger partial charge < -0.3 is 10.1 Å². The van der Waals surface area contributed by atoms with E-state index in [1.165, 1.54) is 6.07 Å². The van der Waals surface area contributed by atoms with Crippen LogP contribution in [0.4, 0.5) is 4.39 Å². The van der Waals surface area contributed by atoms with Crippen LogP contribution in [0.2, 0.25) is 5.02 Å². The van der Waals surface area contributed by atoms with E-state index in [2.05, 4.69) is 10.4 Å². The highest BCUT2D eigenvalue weighted by Gasteiger charge is 2.17. The van der Waals surface area contributed by atoms with Crippen LogP contribution in [0, 0.1) is 12.7 Å². The first-order valence-corrected chi connectivity index (χ1v) is 6.77. The Labute approximate surface area is 122 Å². The van der Waals surface area contributed by atoms with Crippen molar-refractivity contribution in [2.24, 2.45) is 7.05 Å². The van der Waals surface area contributed by atoms with Gasteiger partial charge in [-0.05, 0) is 25.6 Å². The Balaban J connectivity index is 2.35. The van der Waals surface area contributed by atoms with Gasteiger partial charge in [-0.25, -0.2) is 9.07 Å². The molecule has 1 heterocycles. The Morgan fingerprint density at radius 3 is 2.90 bits per heavy atom. The molecule has 1 N–H and O–H groups in total. The highest BCUT2D eigenvalue weighted by molar-refractivity contribution is 6.30. The second kappa shape index (κ2) is 6.24. The second-order valence-electron chi connectivity index (χ2n) is 4.43. The van der Waals surface area contributed by atoms with Crippen molar-refractivity contribution < 1.29 is 9.13 Å². The molecule has 0 aliphatic rings. The molecule has 0 spiro atoms. The third-order valence-electron chi connectivity index (χ3n) is 2.96. The molecule has 0 saturated carbocycles. The van der Waals surface area contributed by atoms with E-state index in [0.717, 1.165) is 17.8 Å². The van der Waals surface area contributed by atoms with Gasteiger partial charge in [-0.1, -0.05) is 24.6 Å². The number of halogens is 2. The summed E-state index contributed by atoms with van der Waals surface area (Å²) in [6.07, 6.45) is 0. The van der Waals surface area contributed by atoms with E-state index < -0.39 is 5.82 Å². The molecule has 0 bridgehead atoms. The Bertz CT molecular complexity index is 613. The first-order valence-electron chi connectivity index (χ1n) is 6.39. The molecule has 0 atom stereocenters. The highest BCUT2D eigenvalue weighted by Crippen LogP contribution is 2.31. The van der Waals surface area contributed by atoms with Gasteiger partial charge in [-0.2, -0.15) is 5.10 Å². The van der Waals surface area contributed by atoms with Crippen LogP contribution in [0.15, 0.2) is 18.2 Å². The van der Waals surface area contributed by atoms with Crippen molar-refractivity contribution in [3.05, 3.63) is 40.3 Å². The molecule has 1 aromatic heterocycles. The fourth-order valence-electron chi connectivity index (χ4n) is 1.93. The minimum absolute atomic E-state index is 0.0367. The van der Waals surface area contributed by atoms with E-state index in [9.17, 15) is 4.39 Å². The summed E-state index contributed by atoms with van der Waals surface area (Å²) < 4.78 is 21.2. The number of hydrogen-bond acceptors (Lipinski definition) is 3. The van der Waals surface area contributed by atoms with Crippen LogP contribution < -0.4 is 10.1 Å². The molecule has 0 amide bonds. The summed E-state index contributed by atoms with van der Waals surface area (Å²) in [5, 5.41) is 7.56. The van der Waals surface area contributed by atoms with E-state index in [4.69, 9.17) is 16.3 Å². The predicted octanol–water partition coefficient (Wildman–Crippen LogP) is 3.42. The van der Waals surface area contributed by atoms with Crippen molar-refractivity contribution in [2.45, 2.75) is 20.4 Å². The topological polar surface area (TPSA) is 39.1 Å². The first-order chi connectivity index (χ1) is 9.54. The molecule has 0 aliphatic carbocycles. The fourth-order valence-corrected chi connectivity index (χ4v) is 2.09. The first kappa shape index (κ1) is 14.8. The SMILES string of the molecule is CCNCc1c(C)nn(C)c1Oc1cccc(Cl)c1F. The van der Waals surface area contributed by atoms with Crippen molar-refractivity contribution >= 4 is 11.6 Å². The average Bonchev–Trinajstić information content (AvgIpc) is 2.67. The summed E-state index contributed by atoms with van der Waals surface area (Å²) in [4.78, 5) is 0. The number of rotatable bonds is 5. The predicted molar refractivity (Wildman–Crippen MR) is 76.8 cm³/mol. The van der Waals surface area contributed by atoms with Crippen molar-refractivity contribution in [3.63, 3.8) is 0 Å². The monoisotopic (exact) mass is 297 g/mol. The lowest BCUT2D eigenvalue weighted by molar-refractivity contribution is 0.398. The average molecular weight is 298 g/mol. The van der Waals surface area contributed by atoms with Crippen LogP contribution in [0.3, 0.4) is 0 Å². The smallest absolute Gasteiger partial charge is 0.222 e. The van der Waals surface area contributed by atoms with Gasteiger partial charge in [0.05, 0.1) is 16.3 Å². The van der Waals surface area contributed by atoms with Gasteiger partial charge >= 0.3 is 0 Å². The zero-order valence-corrected chi connectivity index (χ0v) is 12.5. The number of hydrogen-bond donors (Lipinski definition) is 1. The number of nitrogens with zero attached hydrogens (tertiary/aromatic N) is 2. The summed E-state index contributed by atoms with van der Waals surface area (Å²) in [6.45, 7) is 5.36. The third kappa shape index (κ3) is 2.94. The van der Waals surface area contributed by atoms with E-state index in [1.54, 1.807) is 23.9 Å². The van der Waals surface area contributed by atoms with Crippen LogP contribution in [-0.4, -0.2) is 16.3 Å². The molecule has 1 aromatic carbocycles. The van der Waals surface area contributed by atoms with E-state index >= 15 is 0 Å². The molecule has 20 heavy (non-hydrogen) atoms. The van der Waals surface area contributed by atoms with E-state index in [-0.39, 0.29) is 10.8 Å². The minimum Gasteiger partial charge on any atom is -0.436 e. The molecule has 2 aromatic rings. The Morgan fingerprint density at radius 2 is 2.20 bits per heavy atom. The van der Waals surface area contributed by atoms with Gasteiger partial charge in [0.25, 0.3) is 0 Å². The fraction of sp³-hybridized carbons (Fsp3) is 0.357. The van der Waals surface area contributed by atoms with Crippen LogP contribution >= 0.6 is 11.6 Å². The zero-order valence-electron chi connectivity index (χ0n) is 11.7. The largest absolute Gasteiger partial charge is 0.436 e. The lowest BCUT2D eigenvalue weighted by Gasteiger charge is -2.10. The lowest BCUT2D eigenvalue weighted by atomic mass is 10.2. The van der Waals surface area contributed by atoms with Gasteiger partial charge in [0.2, 0.25) is 5.88 Å². The lowest BCUT2D eigenvalue weighted by Crippen LogP contribution is -2.13. The molecular formula is C14H17ClFN3O. The Morgan fingerprint density at radius 1 is 1.45 bits per heavy atom. The van der Waals surface area contributed by atoms with Crippen LogP contribution in [-0.2, 0) is 13.6 Å². The molecule has 2 rings (SSSR count). The summed E-state index contributed by atoms with van der Waals surface area (Å²) in [5.74, 6) is 0.0466. The molecule has 4 nitrogen and oxygen atoms in total. The molecule has 0 fully saturated rings. The normalized spacial score (nSPS) is 10.8. The molecule has 108 valence electrons. The number of benzene rings is 1. The molecule has 0 radical (unpaired) electrons. The quantitative estimate of drug-likeness (QED) is 0.919. The van der Waals surface area contributed by atoms with Crippen LogP contribution in [0.25, 0.3) is 0 Å². The zero-order chi connectivity index (χ0) is 14.7. The molecular weight excluding hydrogens is 281 g/mol. The number of aromatic nitrogens is 2. The molecule has 0 unspecified atom stereocenters. The number of nitrogens with one attached hydrogen (secondary N) is 1. The highest BCUT2D eigenvalue weighted by atomic mass is 35.5. The van der Waals surface area contributed by atoms with Gasteiger partial charge in [0.1, 0.15) is 0 Å². The maximum absolute atomic E-state index is 13.9. The Kier molecular flexibility index (Phi) is 4.62. The van der Waals surface area contributed by atoms with E-state index in [1.807, 2.05) is 13.8 Å². The molecule has 6 heteroatoms. The third-order valence-corrected chi connectivity index (χ3v) is 3.26. The maximum Gasteiger partial charge on any atom is 0.222 e. The summed E-state index contributed by atoms with van der Waals surface area (Å²) in [5.41, 5.74) is 1.76. The number of aryl methyl sites for hydroxylation is 2. The summed E-state index contributed by atoms with van der Waals surface area (Å²) >= 11 is 5.76. The van der Waals surface area contributed by atoms with E-state index in [0.29, 0.717) is 12.4 Å². The Hall–Kier alpha value is -1.59. The number of ether oxygens (including phenoxy) is 1. The van der Waals surface area contributed by atoms with Crippen molar-refractivity contribution in [1.82, 2.24) is 15.1 Å². The summed E-state index contributed by atoms with van der Waals surface area (Å²) in [7, 11) is 1.76. The van der Waals surface area contributed by atoms with Gasteiger partial charge in [0, 0.05) is 13.6 Å². The van der Waals surface area contributed by atoms with Crippen LogP contribution in [0.5, 0.6) is 11.6 Å². The van der Waals surface area contributed by atoms with Crippen LogP contribution in [0.1, 0.15) is 18.2 Å². The standard InChI is InChI=1S/C14H17ClFN3O/c1-4-17-8-10-9(2)18-19(3)14(10)20-12-7-5-6-11(15)13(12)16/h5-7,17H,4,8H2,1-3H3. The van der Waals surface area contributed by atoms with Crippen molar-refractivity contribution in [3.8, 4) is 11.6 Å². The minimum atomic E-state index is -0.567. The van der Waals surface area contributed by atoms with Gasteiger partial charge in [-0.3, -0.25) is 0 Å².